The summed E-state index contributed by atoms with van der Waals surface area (Å²) >= 11 is 0. The van der Waals surface area contributed by atoms with Crippen LogP contribution in [0.1, 0.15) is 76.2 Å². The van der Waals surface area contributed by atoms with Crippen molar-refractivity contribution >= 4 is 23.0 Å². The minimum absolute atomic E-state index is 0.144. The first kappa shape index (κ1) is 31.3. The van der Waals surface area contributed by atoms with Crippen LogP contribution >= 0.6 is 0 Å². The van der Waals surface area contributed by atoms with Gasteiger partial charge in [0.2, 0.25) is 0 Å². The Bertz CT molecular complexity index is 1330. The van der Waals surface area contributed by atoms with Crippen LogP contribution in [0.3, 0.4) is 0 Å². The van der Waals surface area contributed by atoms with E-state index >= 15 is 0 Å². The molecule has 0 radical (unpaired) electrons. The fourth-order valence-electron chi connectivity index (χ4n) is 5.50. The summed E-state index contributed by atoms with van der Waals surface area (Å²) < 4.78 is 18.6. The average Bonchev–Trinajstić information content (AvgIpc) is 3.61. The molecule has 1 aliphatic heterocycles. The lowest BCUT2D eigenvalue weighted by Gasteiger charge is -2.42. The Balaban J connectivity index is 1.73. The van der Waals surface area contributed by atoms with Crippen LogP contribution in [0.25, 0.3) is 11.0 Å². The summed E-state index contributed by atoms with van der Waals surface area (Å²) in [5.41, 5.74) is 0.850. The molecule has 12 nitrogen and oxygen atoms in total. The molecule has 4 rings (SSSR count). The van der Waals surface area contributed by atoms with E-state index < -0.39 is 11.7 Å². The van der Waals surface area contributed by atoms with Crippen molar-refractivity contribution in [3.63, 3.8) is 0 Å². The van der Waals surface area contributed by atoms with Crippen molar-refractivity contribution in [2.24, 2.45) is 5.92 Å². The van der Waals surface area contributed by atoms with Gasteiger partial charge in [-0.05, 0) is 58.1 Å². The third-order valence-electron chi connectivity index (χ3n) is 7.30. The highest BCUT2D eigenvalue weighted by molar-refractivity contribution is 5.96. The molecular formula is C30H45N7O5. The van der Waals surface area contributed by atoms with E-state index in [1.807, 2.05) is 48.4 Å². The van der Waals surface area contributed by atoms with Crippen molar-refractivity contribution in [1.82, 2.24) is 34.5 Å². The zero-order chi connectivity index (χ0) is 30.4. The highest BCUT2D eigenvalue weighted by atomic mass is 16.6. The summed E-state index contributed by atoms with van der Waals surface area (Å²) in [5, 5.41) is 7.00. The number of nitrogens with zero attached hydrogens (tertiary/aromatic N) is 6. The third kappa shape index (κ3) is 7.39. The number of imidazole rings is 1. The van der Waals surface area contributed by atoms with Crippen LogP contribution in [0.4, 0.5) is 4.79 Å². The first-order valence-electron chi connectivity index (χ1n) is 14.7. The Kier molecular flexibility index (Phi) is 10.1. The van der Waals surface area contributed by atoms with E-state index in [-0.39, 0.29) is 23.8 Å². The molecule has 230 valence electrons. The fraction of sp³-hybridized carbons (Fsp3) is 0.633. The van der Waals surface area contributed by atoms with Crippen LogP contribution in [0.2, 0.25) is 0 Å². The topological polar surface area (TPSA) is 128 Å². The van der Waals surface area contributed by atoms with Crippen LogP contribution in [0.5, 0.6) is 5.75 Å². The number of fused-ring (bicyclic) bond motifs is 1. The Hall–Kier alpha value is -3.67. The van der Waals surface area contributed by atoms with Gasteiger partial charge in [0.1, 0.15) is 29.0 Å². The number of hydrogen-bond donors (Lipinski definition) is 1. The highest BCUT2D eigenvalue weighted by Gasteiger charge is 2.39. The predicted molar refractivity (Wildman–Crippen MR) is 159 cm³/mol. The molecule has 3 aromatic rings. The number of likely N-dealkylation sites (tertiary alicyclic amines) is 1. The van der Waals surface area contributed by atoms with E-state index in [1.54, 1.807) is 19.1 Å². The van der Waals surface area contributed by atoms with E-state index in [4.69, 9.17) is 19.2 Å². The molecule has 1 aliphatic rings. The largest absolute Gasteiger partial charge is 0.494 e. The molecule has 0 saturated carbocycles. The number of piperidine rings is 1. The van der Waals surface area contributed by atoms with E-state index in [0.717, 1.165) is 18.4 Å². The predicted octanol–water partition coefficient (Wildman–Crippen LogP) is 4.48. The number of methoxy groups -OCH3 is 2. The third-order valence-corrected chi connectivity index (χ3v) is 7.30. The summed E-state index contributed by atoms with van der Waals surface area (Å²) in [4.78, 5) is 40.7. The molecule has 0 spiro atoms. The Morgan fingerprint density at radius 3 is 2.60 bits per heavy atom. The molecule has 0 aliphatic carbocycles. The minimum Gasteiger partial charge on any atom is -0.494 e. The summed E-state index contributed by atoms with van der Waals surface area (Å²) in [6, 6.07) is 5.44. The van der Waals surface area contributed by atoms with Gasteiger partial charge in [-0.25, -0.2) is 14.8 Å². The minimum atomic E-state index is -0.647. The Morgan fingerprint density at radius 1 is 1.17 bits per heavy atom. The van der Waals surface area contributed by atoms with Gasteiger partial charge in [0.25, 0.3) is 5.91 Å². The van der Waals surface area contributed by atoms with Crippen molar-refractivity contribution in [2.45, 2.75) is 78.0 Å². The van der Waals surface area contributed by atoms with Crippen LogP contribution in [0, 0.1) is 5.92 Å². The lowest BCUT2D eigenvalue weighted by atomic mass is 9.92. The van der Waals surface area contributed by atoms with Crippen LogP contribution in [0.15, 0.2) is 24.5 Å². The number of nitrogens with one attached hydrogen (secondary N) is 1. The zero-order valence-corrected chi connectivity index (χ0v) is 25.9. The molecule has 1 aromatic carbocycles. The molecular weight excluding hydrogens is 538 g/mol. The van der Waals surface area contributed by atoms with Crippen molar-refractivity contribution < 1.29 is 23.8 Å². The maximum absolute atomic E-state index is 14.6. The number of para-hydroxylation sites is 1. The smallest absolute Gasteiger partial charge is 0.410 e. The number of carbonyl (C=O) groups is 2. The van der Waals surface area contributed by atoms with E-state index in [2.05, 4.69) is 29.0 Å². The number of ether oxygens (including phenoxy) is 3. The summed E-state index contributed by atoms with van der Waals surface area (Å²) in [6.07, 6.45) is 3.35. The Morgan fingerprint density at radius 2 is 1.95 bits per heavy atom. The van der Waals surface area contributed by atoms with E-state index in [9.17, 15) is 9.59 Å². The van der Waals surface area contributed by atoms with Gasteiger partial charge in [-0.2, -0.15) is 5.10 Å². The lowest BCUT2D eigenvalue weighted by Crippen LogP contribution is -2.55. The lowest BCUT2D eigenvalue weighted by molar-refractivity contribution is 0.00582. The molecule has 42 heavy (non-hydrogen) atoms. The van der Waals surface area contributed by atoms with Gasteiger partial charge in [-0.1, -0.05) is 19.9 Å². The second-order valence-electron chi connectivity index (χ2n) is 12.3. The standard InChI is InChI=1S/C30H45N7O5/c1-20(2)16-37(22-15-21(26-31-19-32-34-26)17-35(18-22)29(39)42-30(3,4)5)28(38)27-33-25-23(11-10-12-24(25)41-7)36(27)13-8-9-14-40-6/h10-12,19-22H,8-9,13-18H2,1-7H3,(H,31,32,34)/t21-,22+/m1/s1. The van der Waals surface area contributed by atoms with Gasteiger partial charge in [-0.15, -0.1) is 0 Å². The van der Waals surface area contributed by atoms with Crippen molar-refractivity contribution in [2.75, 3.05) is 40.5 Å². The van der Waals surface area contributed by atoms with Gasteiger partial charge < -0.3 is 28.6 Å². The molecule has 1 saturated heterocycles. The number of carbonyl (C=O) groups excluding carboxylic acids is 2. The fourth-order valence-corrected chi connectivity index (χ4v) is 5.50. The van der Waals surface area contributed by atoms with Crippen LogP contribution in [-0.2, 0) is 16.0 Å². The average molecular weight is 584 g/mol. The van der Waals surface area contributed by atoms with E-state index in [1.165, 1.54) is 6.33 Å². The summed E-state index contributed by atoms with van der Waals surface area (Å²) in [7, 11) is 3.29. The maximum Gasteiger partial charge on any atom is 0.410 e. The molecule has 2 aromatic heterocycles. The van der Waals surface area contributed by atoms with Crippen LogP contribution < -0.4 is 4.74 Å². The maximum atomic E-state index is 14.6. The first-order valence-corrected chi connectivity index (χ1v) is 14.7. The molecule has 1 N–H and O–H groups in total. The highest BCUT2D eigenvalue weighted by Crippen LogP contribution is 2.32. The van der Waals surface area contributed by atoms with Gasteiger partial charge in [-0.3, -0.25) is 9.89 Å². The molecule has 2 atom stereocenters. The first-order chi connectivity index (χ1) is 20.0. The van der Waals surface area contributed by atoms with Gasteiger partial charge in [0.05, 0.1) is 18.7 Å². The second-order valence-corrected chi connectivity index (χ2v) is 12.3. The number of benzene rings is 1. The molecule has 3 heterocycles. The van der Waals surface area contributed by atoms with Gasteiger partial charge in [0.15, 0.2) is 5.82 Å². The van der Waals surface area contributed by atoms with Crippen LogP contribution in [-0.4, -0.2) is 98.6 Å². The summed E-state index contributed by atoms with van der Waals surface area (Å²) in [6.45, 7) is 12.2. The number of aromatic nitrogens is 5. The molecule has 0 bridgehead atoms. The number of amides is 2. The molecule has 2 amide bonds. The van der Waals surface area contributed by atoms with Crippen molar-refractivity contribution in [3.05, 3.63) is 36.2 Å². The molecule has 12 heteroatoms. The normalized spacial score (nSPS) is 17.6. The number of aryl methyl sites for hydroxylation is 1. The second kappa shape index (κ2) is 13.5. The quantitative estimate of drug-likeness (QED) is 0.327. The number of hydrogen-bond acceptors (Lipinski definition) is 8. The number of aromatic amines is 1. The van der Waals surface area contributed by atoms with Crippen molar-refractivity contribution in [3.8, 4) is 5.75 Å². The molecule has 1 fully saturated rings. The SMILES string of the molecule is COCCCCn1c(C(=O)N(CC(C)C)[C@H]2C[C@@H](c3ncn[nH]3)CN(C(=O)OC(C)(C)C)C2)nc2c(OC)cccc21. The number of unbranched alkanes of at least 4 members (excludes halogenated alkanes) is 1. The van der Waals surface area contributed by atoms with Gasteiger partial charge >= 0.3 is 6.09 Å². The monoisotopic (exact) mass is 583 g/mol. The Labute approximate surface area is 247 Å². The summed E-state index contributed by atoms with van der Waals surface area (Å²) in [5.74, 6) is 1.52. The molecule has 0 unspecified atom stereocenters. The van der Waals surface area contributed by atoms with Crippen molar-refractivity contribution in [1.29, 1.82) is 0 Å². The zero-order valence-electron chi connectivity index (χ0n) is 25.9. The number of rotatable bonds is 11. The number of H-pyrrole nitrogens is 1. The van der Waals surface area contributed by atoms with Gasteiger partial charge in [0, 0.05) is 45.8 Å². The van der Waals surface area contributed by atoms with E-state index in [0.29, 0.717) is 62.1 Å².